The van der Waals surface area contributed by atoms with Crippen LogP contribution in [0.5, 0.6) is 0 Å². The standard InChI is InChI=1S/C29H36O7/c1-17-12-13-22(31)28(5,6)15-14-18(2)26(33)29(36-20(4)30)16-19(3)24(32)23(29)25(17)35-27(34)21-10-8-7-9-11-21/h7-11,14-15,18-19,23-25,32H,1,12-13,16H2,2-6H3/b15-14+/t18-,19-,23+,24-,25-,29+/m0/s1. The van der Waals surface area contributed by atoms with E-state index < -0.39 is 58.7 Å². The highest BCUT2D eigenvalue weighted by atomic mass is 16.6. The Morgan fingerprint density at radius 1 is 1.08 bits per heavy atom. The third kappa shape index (κ3) is 5.36. The number of esters is 2. The van der Waals surface area contributed by atoms with Gasteiger partial charge < -0.3 is 14.6 Å². The van der Waals surface area contributed by atoms with Crippen molar-refractivity contribution in [1.82, 2.24) is 0 Å². The van der Waals surface area contributed by atoms with Gasteiger partial charge >= 0.3 is 11.9 Å². The number of aliphatic hydroxyl groups is 1. The Hall–Kier alpha value is -3.06. The van der Waals surface area contributed by atoms with Gasteiger partial charge in [0.05, 0.1) is 17.6 Å². The molecule has 7 heteroatoms. The largest absolute Gasteiger partial charge is 0.454 e. The number of allylic oxidation sites excluding steroid dienone is 2. The molecule has 2 aliphatic rings. The molecule has 1 fully saturated rings. The lowest BCUT2D eigenvalue weighted by atomic mass is 9.73. The van der Waals surface area contributed by atoms with Crippen molar-refractivity contribution in [2.45, 2.75) is 71.7 Å². The third-order valence-corrected chi connectivity index (χ3v) is 7.44. The van der Waals surface area contributed by atoms with Crippen molar-refractivity contribution in [2.75, 3.05) is 0 Å². The van der Waals surface area contributed by atoms with Gasteiger partial charge in [-0.3, -0.25) is 14.4 Å². The maximum atomic E-state index is 14.0. The summed E-state index contributed by atoms with van der Waals surface area (Å²) in [7, 11) is 0. The molecule has 36 heavy (non-hydrogen) atoms. The number of Topliss-reactive ketones (excluding diaryl/α,β-unsaturated/α-hetero) is 2. The Balaban J connectivity index is 2.18. The number of hydrogen-bond donors (Lipinski definition) is 1. The second kappa shape index (κ2) is 10.5. The molecule has 2 aliphatic carbocycles. The van der Waals surface area contributed by atoms with Crippen LogP contribution >= 0.6 is 0 Å². The van der Waals surface area contributed by atoms with Gasteiger partial charge in [-0.1, -0.05) is 50.8 Å². The summed E-state index contributed by atoms with van der Waals surface area (Å²) in [5.74, 6) is -4.04. The van der Waals surface area contributed by atoms with Crippen molar-refractivity contribution >= 4 is 23.5 Å². The SMILES string of the molecule is C=C1CCC(=O)C(C)(C)/C=C/[C@H](C)C(=O)[C@@]2(OC(C)=O)C[C@H](C)[C@H](O)[C@@H]2[C@H]1OC(=O)c1ccccc1. The molecule has 0 aliphatic heterocycles. The van der Waals surface area contributed by atoms with E-state index in [4.69, 9.17) is 9.47 Å². The fraction of sp³-hybridized carbons (Fsp3) is 0.517. The van der Waals surface area contributed by atoms with E-state index in [1.54, 1.807) is 70.2 Å². The quantitative estimate of drug-likeness (QED) is 0.493. The van der Waals surface area contributed by atoms with E-state index in [1.807, 2.05) is 0 Å². The molecule has 0 amide bonds. The molecule has 7 nitrogen and oxygen atoms in total. The summed E-state index contributed by atoms with van der Waals surface area (Å²) in [6, 6.07) is 8.34. The minimum absolute atomic E-state index is 0.0557. The van der Waals surface area contributed by atoms with Crippen LogP contribution < -0.4 is 0 Å². The number of carbonyl (C=O) groups is 4. The van der Waals surface area contributed by atoms with E-state index in [9.17, 15) is 24.3 Å². The molecule has 1 N–H and O–H groups in total. The van der Waals surface area contributed by atoms with Gasteiger partial charge in [0.1, 0.15) is 11.9 Å². The Labute approximate surface area is 212 Å². The van der Waals surface area contributed by atoms with Crippen molar-refractivity contribution in [2.24, 2.45) is 23.2 Å². The van der Waals surface area contributed by atoms with Crippen molar-refractivity contribution < 1.29 is 33.8 Å². The van der Waals surface area contributed by atoms with E-state index in [0.717, 1.165) is 0 Å². The molecule has 0 bridgehead atoms. The fourth-order valence-electron chi connectivity index (χ4n) is 5.33. The average molecular weight is 497 g/mol. The Bertz CT molecular complexity index is 1070. The molecular formula is C29H36O7. The van der Waals surface area contributed by atoms with E-state index in [0.29, 0.717) is 5.57 Å². The number of benzene rings is 1. The molecule has 0 unspecified atom stereocenters. The summed E-state index contributed by atoms with van der Waals surface area (Å²) in [5.41, 5.74) is -1.90. The Morgan fingerprint density at radius 2 is 1.72 bits per heavy atom. The molecule has 6 atom stereocenters. The van der Waals surface area contributed by atoms with E-state index in [2.05, 4.69) is 6.58 Å². The van der Waals surface area contributed by atoms with Gasteiger partial charge in [0.2, 0.25) is 0 Å². The van der Waals surface area contributed by atoms with Crippen LogP contribution in [0.15, 0.2) is 54.6 Å². The molecule has 1 saturated carbocycles. The minimum atomic E-state index is -1.73. The van der Waals surface area contributed by atoms with Crippen molar-refractivity contribution in [3.8, 4) is 0 Å². The number of rotatable bonds is 3. The first-order chi connectivity index (χ1) is 16.8. The number of fused-ring (bicyclic) bond motifs is 1. The first-order valence-electron chi connectivity index (χ1n) is 12.4. The molecule has 194 valence electrons. The topological polar surface area (TPSA) is 107 Å². The molecule has 1 aromatic rings. The summed E-state index contributed by atoms with van der Waals surface area (Å²) in [6.07, 6.45) is 1.47. The van der Waals surface area contributed by atoms with Crippen molar-refractivity contribution in [3.05, 3.63) is 60.2 Å². The predicted octanol–water partition coefficient (Wildman–Crippen LogP) is 4.24. The molecule has 0 saturated heterocycles. The lowest BCUT2D eigenvalue weighted by Gasteiger charge is -2.40. The fourth-order valence-corrected chi connectivity index (χ4v) is 5.33. The van der Waals surface area contributed by atoms with Crippen LogP contribution in [0.4, 0.5) is 0 Å². The molecular weight excluding hydrogens is 460 g/mol. The van der Waals surface area contributed by atoms with Gasteiger partial charge in [-0.25, -0.2) is 4.79 Å². The molecule has 0 heterocycles. The molecule has 3 rings (SSSR count). The molecule has 0 radical (unpaired) electrons. The predicted molar refractivity (Wildman–Crippen MR) is 134 cm³/mol. The van der Waals surface area contributed by atoms with Gasteiger partial charge in [0, 0.05) is 31.1 Å². The van der Waals surface area contributed by atoms with E-state index in [1.165, 1.54) is 6.92 Å². The first kappa shape index (κ1) is 27.5. The zero-order valence-electron chi connectivity index (χ0n) is 21.7. The average Bonchev–Trinajstić information content (AvgIpc) is 3.07. The van der Waals surface area contributed by atoms with Crippen LogP contribution in [0.2, 0.25) is 0 Å². The van der Waals surface area contributed by atoms with E-state index >= 15 is 0 Å². The van der Waals surface area contributed by atoms with Crippen molar-refractivity contribution in [1.29, 1.82) is 0 Å². The first-order valence-corrected chi connectivity index (χ1v) is 12.4. The van der Waals surface area contributed by atoms with Gasteiger partial charge in [-0.05, 0) is 43.9 Å². The Kier molecular flexibility index (Phi) is 8.04. The van der Waals surface area contributed by atoms with Crippen LogP contribution in [0, 0.1) is 23.2 Å². The monoisotopic (exact) mass is 496 g/mol. The summed E-state index contributed by atoms with van der Waals surface area (Å²) < 4.78 is 11.7. The maximum absolute atomic E-state index is 14.0. The summed E-state index contributed by atoms with van der Waals surface area (Å²) in [5, 5.41) is 11.3. The highest BCUT2D eigenvalue weighted by molar-refractivity contribution is 5.94. The maximum Gasteiger partial charge on any atom is 0.338 e. The normalized spacial score (nSPS) is 33.6. The number of ketones is 2. The molecule has 1 aromatic carbocycles. The summed E-state index contributed by atoms with van der Waals surface area (Å²) in [6.45, 7) is 12.3. The lowest BCUT2D eigenvalue weighted by molar-refractivity contribution is -0.178. The van der Waals surface area contributed by atoms with E-state index in [-0.39, 0.29) is 30.6 Å². The van der Waals surface area contributed by atoms with Crippen LogP contribution in [-0.4, -0.2) is 46.4 Å². The number of ether oxygens (including phenoxy) is 2. The second-order valence-electron chi connectivity index (χ2n) is 10.7. The van der Waals surface area contributed by atoms with Gasteiger partial charge in [0.25, 0.3) is 0 Å². The molecule has 0 aromatic heterocycles. The van der Waals surface area contributed by atoms with Gasteiger partial charge in [-0.15, -0.1) is 0 Å². The number of hydrogen-bond acceptors (Lipinski definition) is 7. The second-order valence-corrected chi connectivity index (χ2v) is 10.7. The van der Waals surface area contributed by atoms with Crippen molar-refractivity contribution in [3.63, 3.8) is 0 Å². The summed E-state index contributed by atoms with van der Waals surface area (Å²) >= 11 is 0. The van der Waals surface area contributed by atoms with Crippen LogP contribution in [0.25, 0.3) is 0 Å². The third-order valence-electron chi connectivity index (χ3n) is 7.44. The summed E-state index contributed by atoms with van der Waals surface area (Å²) in [4.78, 5) is 52.4. The Morgan fingerprint density at radius 3 is 2.33 bits per heavy atom. The number of aliphatic hydroxyl groups excluding tert-OH is 1. The number of carbonyl (C=O) groups excluding carboxylic acids is 4. The van der Waals surface area contributed by atoms with Gasteiger partial charge in [-0.2, -0.15) is 0 Å². The highest BCUT2D eigenvalue weighted by Gasteiger charge is 2.63. The minimum Gasteiger partial charge on any atom is -0.454 e. The zero-order chi connectivity index (χ0) is 26.8. The van der Waals surface area contributed by atoms with Gasteiger partial charge in [0.15, 0.2) is 11.4 Å². The smallest absolute Gasteiger partial charge is 0.338 e. The lowest BCUT2D eigenvalue weighted by Crippen LogP contribution is -2.55. The van der Waals surface area contributed by atoms with Crippen LogP contribution in [0.3, 0.4) is 0 Å². The highest BCUT2D eigenvalue weighted by Crippen LogP contribution is 2.49. The van der Waals surface area contributed by atoms with Crippen LogP contribution in [0.1, 0.15) is 64.2 Å². The van der Waals surface area contributed by atoms with Crippen LogP contribution in [-0.2, 0) is 23.9 Å². The molecule has 0 spiro atoms. The zero-order valence-corrected chi connectivity index (χ0v) is 21.7.